The van der Waals surface area contributed by atoms with Crippen LogP contribution in [0.15, 0.2) is 30.4 Å². The molecule has 328 valence electrons. The first kappa shape index (κ1) is 49.0. The van der Waals surface area contributed by atoms with E-state index in [0.29, 0.717) is 23.3 Å². The number of anilines is 1. The number of benzene rings is 1. The van der Waals surface area contributed by atoms with Crippen LogP contribution in [0.2, 0.25) is 0 Å². The molecular formula is C39H55BN6O14. The van der Waals surface area contributed by atoms with Crippen LogP contribution in [-0.2, 0) is 54.4 Å². The Bertz CT molecular complexity index is 1760. The largest absolute Gasteiger partial charge is 0.479 e. The fraction of sp³-hybridized carbons (Fsp3) is 0.590. The summed E-state index contributed by atoms with van der Waals surface area (Å²) in [4.78, 5) is 101. The molecule has 5 unspecified atom stereocenters. The molecule has 6 amide bonds. The van der Waals surface area contributed by atoms with Gasteiger partial charge in [0.15, 0.2) is 6.10 Å². The van der Waals surface area contributed by atoms with Gasteiger partial charge in [-0.15, -0.1) is 0 Å². The van der Waals surface area contributed by atoms with Crippen molar-refractivity contribution < 1.29 is 67.5 Å². The molecule has 8 N–H and O–H groups in total. The zero-order valence-electron chi connectivity index (χ0n) is 34.4. The van der Waals surface area contributed by atoms with E-state index in [0.717, 1.165) is 12.2 Å². The molecule has 5 atom stereocenters. The number of aliphatic hydroxyl groups is 1. The quantitative estimate of drug-likeness (QED) is 0.0464. The average Bonchev–Trinajstić information content (AvgIpc) is 3.49. The Morgan fingerprint density at radius 3 is 2.28 bits per heavy atom. The lowest BCUT2D eigenvalue weighted by Crippen LogP contribution is -2.57. The minimum atomic E-state index is -1.41. The SMILES string of the molecule is [B]C(=O)OCc1ccc(OC2CC(O)CC(C(=O)O)O2)c(NC(=O)CCNC(=O)C(CCCCNC(=O)C(C)(C)COC(C)(C)C)NC(=O)C(CN)N2C(=O)C=CC2=O)c1. The molecule has 1 aromatic rings. The second kappa shape index (κ2) is 22.3. The molecule has 2 aliphatic rings. The molecule has 0 aromatic heterocycles. The number of nitrogens with zero attached hydrogens (tertiary/aromatic N) is 1. The number of carboxylic acids is 1. The highest BCUT2D eigenvalue weighted by atomic mass is 16.7. The van der Waals surface area contributed by atoms with E-state index in [1.807, 2.05) is 20.8 Å². The predicted molar refractivity (Wildman–Crippen MR) is 213 cm³/mol. The third kappa shape index (κ3) is 15.7. The summed E-state index contributed by atoms with van der Waals surface area (Å²) in [6.45, 7) is 8.69. The van der Waals surface area contributed by atoms with Gasteiger partial charge in [0.05, 0.1) is 29.4 Å². The Morgan fingerprint density at radius 1 is 0.983 bits per heavy atom. The maximum atomic E-state index is 13.5. The van der Waals surface area contributed by atoms with E-state index in [9.17, 15) is 48.6 Å². The van der Waals surface area contributed by atoms with Gasteiger partial charge in [-0.1, -0.05) is 6.07 Å². The lowest BCUT2D eigenvalue weighted by atomic mass is 9.93. The van der Waals surface area contributed by atoms with Gasteiger partial charge in [-0.2, -0.15) is 0 Å². The fourth-order valence-electron chi connectivity index (χ4n) is 5.86. The Balaban J connectivity index is 1.67. The topological polar surface area (TPSA) is 291 Å². The van der Waals surface area contributed by atoms with Crippen LogP contribution in [-0.4, -0.2) is 133 Å². The van der Waals surface area contributed by atoms with Crippen LogP contribution in [0.5, 0.6) is 5.75 Å². The Labute approximate surface area is 349 Å². The molecule has 1 saturated heterocycles. The van der Waals surface area contributed by atoms with E-state index in [1.165, 1.54) is 18.2 Å². The molecule has 20 nitrogen and oxygen atoms in total. The van der Waals surface area contributed by atoms with Crippen molar-refractivity contribution >= 4 is 60.8 Å². The first-order valence-corrected chi connectivity index (χ1v) is 19.4. The minimum Gasteiger partial charge on any atom is -0.479 e. The van der Waals surface area contributed by atoms with E-state index in [2.05, 4.69) is 21.3 Å². The summed E-state index contributed by atoms with van der Waals surface area (Å²) in [6, 6.07) is 1.71. The standard InChI is InChI=1S/C39H55BN6O14/c1-38(2,3)58-21-39(4,5)36(55)43-14-7-6-8-24(45-34(52)26(19-41)46-30(49)11-12-31(46)50)33(51)42-15-13-29(48)44-25-16-22(20-57-37(40)56)9-10-27(25)59-32-18-23(47)17-28(60-32)35(53)54/h9-12,16,23-24,26,28,32,47H,6-8,13-15,17-21,41H2,1-5H3,(H,42,51)(H,43,55)(H,44,48)(H,45,52)(H,53,54). The van der Waals surface area contributed by atoms with Crippen LogP contribution in [0.25, 0.3) is 0 Å². The normalized spacial score (nSPS) is 18.9. The van der Waals surface area contributed by atoms with E-state index in [1.54, 1.807) is 13.8 Å². The molecule has 0 aliphatic carbocycles. The molecule has 1 fully saturated rings. The molecule has 2 aliphatic heterocycles. The Kier molecular flexibility index (Phi) is 18.2. The van der Waals surface area contributed by atoms with Crippen molar-refractivity contribution in [1.82, 2.24) is 20.9 Å². The van der Waals surface area contributed by atoms with Gasteiger partial charge in [-0.05, 0) is 71.6 Å². The smallest absolute Gasteiger partial charge is 0.333 e. The van der Waals surface area contributed by atoms with Crippen LogP contribution < -0.4 is 31.7 Å². The molecule has 0 saturated carbocycles. The van der Waals surface area contributed by atoms with Crippen LogP contribution in [0.1, 0.15) is 78.7 Å². The average molecular weight is 843 g/mol. The molecule has 21 heteroatoms. The number of unbranched alkanes of at least 4 members (excludes halogenated alkanes) is 1. The molecule has 0 bridgehead atoms. The van der Waals surface area contributed by atoms with Gasteiger partial charge in [0.2, 0.25) is 43.6 Å². The Morgan fingerprint density at radius 2 is 1.67 bits per heavy atom. The summed E-state index contributed by atoms with van der Waals surface area (Å²) in [7, 11) is 5.08. The van der Waals surface area contributed by atoms with E-state index in [4.69, 9.17) is 32.5 Å². The molecule has 0 spiro atoms. The van der Waals surface area contributed by atoms with Gasteiger partial charge in [0, 0.05) is 51.0 Å². The Hall–Kier alpha value is -5.38. The first-order valence-electron chi connectivity index (χ1n) is 19.4. The molecule has 2 radical (unpaired) electrons. The number of nitrogens with one attached hydrogen (secondary N) is 4. The number of imide groups is 1. The molecule has 2 heterocycles. The maximum Gasteiger partial charge on any atom is 0.333 e. The van der Waals surface area contributed by atoms with Crippen molar-refractivity contribution in [3.63, 3.8) is 0 Å². The number of aliphatic carboxylic acids is 1. The van der Waals surface area contributed by atoms with E-state index < -0.39 is 89.5 Å². The van der Waals surface area contributed by atoms with Gasteiger partial charge >= 0.3 is 5.97 Å². The van der Waals surface area contributed by atoms with Crippen molar-refractivity contribution in [2.45, 2.75) is 116 Å². The van der Waals surface area contributed by atoms with E-state index in [-0.39, 0.29) is 69.3 Å². The second-order valence-electron chi connectivity index (χ2n) is 15.9. The summed E-state index contributed by atoms with van der Waals surface area (Å²) in [5, 5.41) is 30.2. The number of rotatable bonds is 22. The third-order valence-electron chi connectivity index (χ3n) is 9.15. The lowest BCUT2D eigenvalue weighted by Gasteiger charge is -2.31. The van der Waals surface area contributed by atoms with Crippen molar-refractivity contribution in [2.75, 3.05) is 31.6 Å². The summed E-state index contributed by atoms with van der Waals surface area (Å²) in [5.41, 5.74) is 4.97. The van der Waals surface area contributed by atoms with Crippen LogP contribution in [0.3, 0.4) is 0 Å². The van der Waals surface area contributed by atoms with Crippen molar-refractivity contribution in [1.29, 1.82) is 0 Å². The number of ether oxygens (including phenoxy) is 4. The van der Waals surface area contributed by atoms with Crippen molar-refractivity contribution in [3.05, 3.63) is 35.9 Å². The fourth-order valence-corrected chi connectivity index (χ4v) is 5.86. The third-order valence-corrected chi connectivity index (χ3v) is 9.15. The lowest BCUT2D eigenvalue weighted by molar-refractivity contribution is -0.195. The number of amides is 6. The summed E-state index contributed by atoms with van der Waals surface area (Å²) < 4.78 is 21.9. The van der Waals surface area contributed by atoms with Gasteiger partial charge in [-0.25, -0.2) is 4.79 Å². The number of hydrogen-bond donors (Lipinski definition) is 7. The van der Waals surface area contributed by atoms with Crippen molar-refractivity contribution in [2.24, 2.45) is 11.1 Å². The number of aliphatic hydroxyl groups excluding tert-OH is 1. The number of carboxylic acid groups (broad SMARTS) is 1. The number of nitrogens with two attached hydrogens (primary N) is 1. The summed E-state index contributed by atoms with van der Waals surface area (Å²) in [6.07, 6.45) is -1.28. The van der Waals surface area contributed by atoms with Gasteiger partial charge < -0.3 is 56.2 Å². The molecule has 1 aromatic carbocycles. The molecule has 60 heavy (non-hydrogen) atoms. The monoisotopic (exact) mass is 842 g/mol. The number of carbonyl (C=O) groups excluding carboxylic acids is 7. The second-order valence-corrected chi connectivity index (χ2v) is 15.9. The zero-order chi connectivity index (χ0) is 44.8. The first-order chi connectivity index (χ1) is 28.1. The molecule has 3 rings (SSSR count). The van der Waals surface area contributed by atoms with Gasteiger partial charge in [0.25, 0.3) is 11.8 Å². The number of carbonyl (C=O) groups is 8. The van der Waals surface area contributed by atoms with Crippen LogP contribution >= 0.6 is 0 Å². The van der Waals surface area contributed by atoms with Crippen LogP contribution in [0.4, 0.5) is 10.5 Å². The van der Waals surface area contributed by atoms with Crippen LogP contribution in [0, 0.1) is 5.41 Å². The summed E-state index contributed by atoms with van der Waals surface area (Å²) in [5.74, 6) is -6.20. The van der Waals surface area contributed by atoms with E-state index >= 15 is 0 Å². The highest BCUT2D eigenvalue weighted by Crippen LogP contribution is 2.31. The number of hydrogen-bond acceptors (Lipinski definition) is 14. The highest BCUT2D eigenvalue weighted by Gasteiger charge is 2.37. The van der Waals surface area contributed by atoms with Crippen molar-refractivity contribution in [3.8, 4) is 5.75 Å². The molecular weight excluding hydrogens is 787 g/mol. The predicted octanol–water partition coefficient (Wildman–Crippen LogP) is 0.131. The maximum absolute atomic E-state index is 13.5. The van der Waals surface area contributed by atoms with Gasteiger partial charge in [0.1, 0.15) is 24.4 Å². The summed E-state index contributed by atoms with van der Waals surface area (Å²) >= 11 is 0. The minimum absolute atomic E-state index is 0.0267. The zero-order valence-corrected chi connectivity index (χ0v) is 34.4. The highest BCUT2D eigenvalue weighted by molar-refractivity contribution is 6.55. The van der Waals surface area contributed by atoms with Gasteiger partial charge in [-0.3, -0.25) is 38.5 Å².